The van der Waals surface area contributed by atoms with E-state index in [2.05, 4.69) is 22.5 Å². The largest absolute Gasteiger partial charge is 0.314 e. The van der Waals surface area contributed by atoms with Gasteiger partial charge in [-0.1, -0.05) is 29.8 Å². The molecule has 1 aliphatic heterocycles. The first-order chi connectivity index (χ1) is 9.75. The van der Waals surface area contributed by atoms with Crippen molar-refractivity contribution in [2.75, 3.05) is 26.2 Å². The van der Waals surface area contributed by atoms with Crippen molar-refractivity contribution in [2.45, 2.75) is 13.0 Å². The molecule has 0 spiro atoms. The third-order valence-electron chi connectivity index (χ3n) is 3.73. The maximum absolute atomic E-state index is 6.24. The van der Waals surface area contributed by atoms with Gasteiger partial charge in [-0.15, -0.1) is 11.3 Å². The maximum atomic E-state index is 6.24. The zero-order chi connectivity index (χ0) is 13.9. The Kier molecular flexibility index (Phi) is 4.36. The Labute approximate surface area is 128 Å². The topological polar surface area (TPSA) is 28.2 Å². The van der Waals surface area contributed by atoms with E-state index < -0.39 is 0 Å². The molecule has 0 saturated carbocycles. The monoisotopic (exact) mass is 307 g/mol. The summed E-state index contributed by atoms with van der Waals surface area (Å²) < 4.78 is 0. The summed E-state index contributed by atoms with van der Waals surface area (Å²) >= 11 is 7.97. The average molecular weight is 308 g/mol. The number of benzene rings is 1. The lowest BCUT2D eigenvalue weighted by atomic mass is 10.2. The van der Waals surface area contributed by atoms with E-state index in [4.69, 9.17) is 16.6 Å². The molecule has 0 bridgehead atoms. The Morgan fingerprint density at radius 1 is 1.30 bits per heavy atom. The highest BCUT2D eigenvalue weighted by molar-refractivity contribution is 7.10. The Morgan fingerprint density at radius 3 is 2.80 bits per heavy atom. The highest BCUT2D eigenvalue weighted by Crippen LogP contribution is 2.31. The molecule has 106 valence electrons. The van der Waals surface area contributed by atoms with E-state index in [1.165, 1.54) is 5.01 Å². The van der Waals surface area contributed by atoms with Gasteiger partial charge in [0.05, 0.1) is 11.7 Å². The van der Waals surface area contributed by atoms with Crippen LogP contribution in [0.1, 0.15) is 18.0 Å². The fourth-order valence-electron chi connectivity index (χ4n) is 2.50. The van der Waals surface area contributed by atoms with Gasteiger partial charge < -0.3 is 5.32 Å². The molecule has 5 heteroatoms. The molecule has 1 fully saturated rings. The molecule has 2 heterocycles. The van der Waals surface area contributed by atoms with Crippen LogP contribution in [0, 0.1) is 0 Å². The zero-order valence-corrected chi connectivity index (χ0v) is 13.0. The standard InChI is InChI=1S/C15H18ClN3S/c1-11(19-8-6-17-7-9-19)15-18-14(10-20-15)12-4-2-3-5-13(12)16/h2-5,10-11,17H,6-9H2,1H3. The molecule has 0 radical (unpaired) electrons. The van der Waals surface area contributed by atoms with Gasteiger partial charge in [-0.2, -0.15) is 0 Å². The van der Waals surface area contributed by atoms with Gasteiger partial charge in [0.15, 0.2) is 0 Å². The molecule has 1 unspecified atom stereocenters. The van der Waals surface area contributed by atoms with E-state index in [-0.39, 0.29) is 0 Å². The number of piperazine rings is 1. The van der Waals surface area contributed by atoms with Crippen LogP contribution in [-0.4, -0.2) is 36.1 Å². The van der Waals surface area contributed by atoms with Crippen LogP contribution in [-0.2, 0) is 0 Å². The molecule has 3 nitrogen and oxygen atoms in total. The second-order valence-corrected chi connectivity index (χ2v) is 6.31. The molecular weight excluding hydrogens is 290 g/mol. The predicted molar refractivity (Wildman–Crippen MR) is 85.4 cm³/mol. The molecule has 0 aliphatic carbocycles. The number of nitrogens with zero attached hydrogens (tertiary/aromatic N) is 2. The average Bonchev–Trinajstić information content (AvgIpc) is 2.97. The van der Waals surface area contributed by atoms with E-state index in [1.54, 1.807) is 11.3 Å². The first-order valence-electron chi connectivity index (χ1n) is 6.91. The maximum Gasteiger partial charge on any atom is 0.110 e. The molecule has 1 saturated heterocycles. The minimum atomic E-state index is 0.373. The summed E-state index contributed by atoms with van der Waals surface area (Å²) in [6, 6.07) is 8.26. The zero-order valence-electron chi connectivity index (χ0n) is 11.5. The first kappa shape index (κ1) is 14.0. The molecule has 0 amide bonds. The predicted octanol–water partition coefficient (Wildman–Crippen LogP) is 3.43. The summed E-state index contributed by atoms with van der Waals surface area (Å²) in [7, 11) is 0. The van der Waals surface area contributed by atoms with Crippen LogP contribution in [0.5, 0.6) is 0 Å². The van der Waals surface area contributed by atoms with Crippen molar-refractivity contribution in [1.82, 2.24) is 15.2 Å². The lowest BCUT2D eigenvalue weighted by Gasteiger charge is -2.31. The van der Waals surface area contributed by atoms with E-state index in [1.807, 2.05) is 24.3 Å². The molecule has 1 aliphatic rings. The fraction of sp³-hybridized carbons (Fsp3) is 0.400. The van der Waals surface area contributed by atoms with Crippen LogP contribution in [0.4, 0.5) is 0 Å². The van der Waals surface area contributed by atoms with Gasteiger partial charge in [-0.25, -0.2) is 4.98 Å². The highest BCUT2D eigenvalue weighted by Gasteiger charge is 2.21. The number of hydrogen-bond acceptors (Lipinski definition) is 4. The molecule has 1 N–H and O–H groups in total. The smallest absolute Gasteiger partial charge is 0.110 e. The van der Waals surface area contributed by atoms with E-state index in [0.29, 0.717) is 6.04 Å². The van der Waals surface area contributed by atoms with Crippen LogP contribution >= 0.6 is 22.9 Å². The third kappa shape index (κ3) is 2.88. The van der Waals surface area contributed by atoms with E-state index in [9.17, 15) is 0 Å². The number of rotatable bonds is 3. The van der Waals surface area contributed by atoms with Crippen LogP contribution in [0.3, 0.4) is 0 Å². The second kappa shape index (κ2) is 6.22. The molecule has 1 aromatic heterocycles. The number of halogens is 1. The Bertz CT molecular complexity index is 578. The number of thiazole rings is 1. The van der Waals surface area contributed by atoms with Crippen molar-refractivity contribution < 1.29 is 0 Å². The SMILES string of the molecule is CC(c1nc(-c2ccccc2Cl)cs1)N1CCNCC1. The molecule has 2 aromatic rings. The van der Waals surface area contributed by atoms with Gasteiger partial charge >= 0.3 is 0 Å². The van der Waals surface area contributed by atoms with E-state index >= 15 is 0 Å². The number of aromatic nitrogens is 1. The van der Waals surface area contributed by atoms with Crippen molar-refractivity contribution in [1.29, 1.82) is 0 Å². The minimum absolute atomic E-state index is 0.373. The second-order valence-electron chi connectivity index (χ2n) is 5.01. The number of nitrogens with one attached hydrogen (secondary N) is 1. The Morgan fingerprint density at radius 2 is 2.05 bits per heavy atom. The molecular formula is C15H18ClN3S. The lowest BCUT2D eigenvalue weighted by Crippen LogP contribution is -2.44. The number of hydrogen-bond donors (Lipinski definition) is 1. The van der Waals surface area contributed by atoms with Gasteiger partial charge in [0.25, 0.3) is 0 Å². The highest BCUT2D eigenvalue weighted by atomic mass is 35.5. The van der Waals surface area contributed by atoms with Crippen LogP contribution in [0.2, 0.25) is 5.02 Å². The van der Waals surface area contributed by atoms with Crippen LogP contribution in [0.15, 0.2) is 29.6 Å². The normalized spacial score (nSPS) is 18.1. The van der Waals surface area contributed by atoms with Gasteiger partial charge in [0, 0.05) is 42.1 Å². The van der Waals surface area contributed by atoms with Gasteiger partial charge in [0.2, 0.25) is 0 Å². The van der Waals surface area contributed by atoms with Crippen molar-refractivity contribution in [3.8, 4) is 11.3 Å². The van der Waals surface area contributed by atoms with Gasteiger partial charge in [-0.3, -0.25) is 4.90 Å². The Hall–Kier alpha value is -0.940. The van der Waals surface area contributed by atoms with Crippen molar-refractivity contribution in [3.63, 3.8) is 0 Å². The minimum Gasteiger partial charge on any atom is -0.314 e. The van der Waals surface area contributed by atoms with Crippen molar-refractivity contribution in [2.24, 2.45) is 0 Å². The molecule has 3 rings (SSSR count). The third-order valence-corrected chi connectivity index (χ3v) is 5.07. The Balaban J connectivity index is 1.81. The molecule has 20 heavy (non-hydrogen) atoms. The quantitative estimate of drug-likeness (QED) is 0.941. The summed E-state index contributed by atoms with van der Waals surface area (Å²) in [6.07, 6.45) is 0. The van der Waals surface area contributed by atoms with Gasteiger partial charge in [-0.05, 0) is 13.0 Å². The summed E-state index contributed by atoms with van der Waals surface area (Å²) in [5.41, 5.74) is 2.00. The van der Waals surface area contributed by atoms with Gasteiger partial charge in [0.1, 0.15) is 5.01 Å². The van der Waals surface area contributed by atoms with Crippen LogP contribution in [0.25, 0.3) is 11.3 Å². The lowest BCUT2D eigenvalue weighted by molar-refractivity contribution is 0.185. The van der Waals surface area contributed by atoms with E-state index in [0.717, 1.165) is 42.5 Å². The molecule has 1 aromatic carbocycles. The first-order valence-corrected chi connectivity index (χ1v) is 8.16. The fourth-order valence-corrected chi connectivity index (χ4v) is 3.64. The summed E-state index contributed by atoms with van der Waals surface area (Å²) in [4.78, 5) is 7.27. The van der Waals surface area contributed by atoms with Crippen molar-refractivity contribution in [3.05, 3.63) is 39.7 Å². The molecule has 1 atom stereocenters. The summed E-state index contributed by atoms with van der Waals surface area (Å²) in [5.74, 6) is 0. The summed E-state index contributed by atoms with van der Waals surface area (Å²) in [5, 5.41) is 7.42. The van der Waals surface area contributed by atoms with Crippen LogP contribution < -0.4 is 5.32 Å². The summed E-state index contributed by atoms with van der Waals surface area (Å²) in [6.45, 7) is 6.53. The van der Waals surface area contributed by atoms with Crippen molar-refractivity contribution >= 4 is 22.9 Å².